The Morgan fingerprint density at radius 3 is 2.73 bits per heavy atom. The number of β-amino-alcohol motifs (C(OH)–C–C–N with tert-alkyl or cyclic N) is 1. The first-order chi connectivity index (χ1) is 7.16. The number of aliphatic hydroxyl groups excluding tert-OH is 1. The van der Waals surface area contributed by atoms with Crippen LogP contribution in [-0.2, 0) is 0 Å². The largest absolute Gasteiger partial charge is 0.465 e. The summed E-state index contributed by atoms with van der Waals surface area (Å²) in [6.45, 7) is 3.04. The zero-order chi connectivity index (χ0) is 10.8. The predicted octanol–water partition coefficient (Wildman–Crippen LogP) is 0.195. The van der Waals surface area contributed by atoms with Crippen molar-refractivity contribution < 1.29 is 15.0 Å². The molecule has 2 unspecified atom stereocenters. The Labute approximate surface area is 89.3 Å². The van der Waals surface area contributed by atoms with Gasteiger partial charge in [0.2, 0.25) is 0 Å². The number of nitrogens with zero attached hydrogens (tertiary/aromatic N) is 2. The third kappa shape index (κ3) is 2.41. The number of carbonyl (C=O) groups is 1. The van der Waals surface area contributed by atoms with E-state index in [2.05, 4.69) is 4.90 Å². The van der Waals surface area contributed by atoms with Crippen molar-refractivity contribution in [2.75, 3.05) is 26.2 Å². The summed E-state index contributed by atoms with van der Waals surface area (Å²) in [5.41, 5.74) is 0. The van der Waals surface area contributed by atoms with Crippen molar-refractivity contribution in [1.82, 2.24) is 9.80 Å². The lowest BCUT2D eigenvalue weighted by molar-refractivity contribution is 0.124. The lowest BCUT2D eigenvalue weighted by Gasteiger charge is -2.26. The summed E-state index contributed by atoms with van der Waals surface area (Å²) in [7, 11) is 0. The molecule has 2 heterocycles. The SMILES string of the molecule is O=C(O)N1CCCC1CN1CCC(O)C1. The first kappa shape index (κ1) is 10.7. The van der Waals surface area contributed by atoms with Crippen LogP contribution in [0.1, 0.15) is 19.3 Å². The van der Waals surface area contributed by atoms with E-state index in [4.69, 9.17) is 5.11 Å². The lowest BCUT2D eigenvalue weighted by atomic mass is 10.2. The van der Waals surface area contributed by atoms with Crippen molar-refractivity contribution in [3.63, 3.8) is 0 Å². The van der Waals surface area contributed by atoms with Crippen molar-refractivity contribution in [3.8, 4) is 0 Å². The summed E-state index contributed by atoms with van der Waals surface area (Å²) >= 11 is 0. The zero-order valence-corrected chi connectivity index (χ0v) is 8.80. The molecule has 2 aliphatic rings. The minimum absolute atomic E-state index is 0.132. The second-order valence-electron chi connectivity index (χ2n) is 4.47. The van der Waals surface area contributed by atoms with Crippen molar-refractivity contribution in [3.05, 3.63) is 0 Å². The second-order valence-corrected chi connectivity index (χ2v) is 4.47. The van der Waals surface area contributed by atoms with Crippen LogP contribution in [0.15, 0.2) is 0 Å². The van der Waals surface area contributed by atoms with Gasteiger partial charge in [0.15, 0.2) is 0 Å². The Kier molecular flexibility index (Phi) is 3.11. The molecule has 2 atom stereocenters. The summed E-state index contributed by atoms with van der Waals surface area (Å²) < 4.78 is 0. The minimum atomic E-state index is -0.808. The highest BCUT2D eigenvalue weighted by Gasteiger charge is 2.31. The topological polar surface area (TPSA) is 64.0 Å². The fourth-order valence-corrected chi connectivity index (χ4v) is 2.55. The van der Waals surface area contributed by atoms with E-state index < -0.39 is 6.09 Å². The van der Waals surface area contributed by atoms with E-state index in [-0.39, 0.29) is 12.1 Å². The van der Waals surface area contributed by atoms with E-state index in [1.807, 2.05) is 0 Å². The number of amides is 1. The molecule has 5 nitrogen and oxygen atoms in total. The fourth-order valence-electron chi connectivity index (χ4n) is 2.55. The summed E-state index contributed by atoms with van der Waals surface area (Å²) in [5, 5.41) is 18.3. The van der Waals surface area contributed by atoms with Crippen LogP contribution in [0.5, 0.6) is 0 Å². The van der Waals surface area contributed by atoms with Gasteiger partial charge in [-0.3, -0.25) is 4.90 Å². The molecule has 1 amide bonds. The number of carboxylic acid groups (broad SMARTS) is 1. The second kappa shape index (κ2) is 4.37. The number of likely N-dealkylation sites (tertiary alicyclic amines) is 2. The van der Waals surface area contributed by atoms with Crippen LogP contribution in [0.2, 0.25) is 0 Å². The molecule has 2 rings (SSSR count). The maximum Gasteiger partial charge on any atom is 0.407 e. The van der Waals surface area contributed by atoms with Crippen molar-refractivity contribution in [1.29, 1.82) is 0 Å². The van der Waals surface area contributed by atoms with E-state index in [0.717, 1.165) is 32.4 Å². The van der Waals surface area contributed by atoms with Gasteiger partial charge in [-0.05, 0) is 19.3 Å². The molecule has 0 spiro atoms. The minimum Gasteiger partial charge on any atom is -0.465 e. The first-order valence-electron chi connectivity index (χ1n) is 5.57. The van der Waals surface area contributed by atoms with Crippen LogP contribution in [0.25, 0.3) is 0 Å². The van der Waals surface area contributed by atoms with Gasteiger partial charge in [-0.15, -0.1) is 0 Å². The summed E-state index contributed by atoms with van der Waals surface area (Å²) in [4.78, 5) is 14.6. The molecule has 2 aliphatic heterocycles. The van der Waals surface area contributed by atoms with Crippen LogP contribution < -0.4 is 0 Å². The Morgan fingerprint density at radius 2 is 2.13 bits per heavy atom. The third-order valence-corrected chi connectivity index (χ3v) is 3.34. The van der Waals surface area contributed by atoms with Crippen LogP contribution in [0, 0.1) is 0 Å². The highest BCUT2D eigenvalue weighted by Crippen LogP contribution is 2.20. The van der Waals surface area contributed by atoms with Crippen molar-refractivity contribution in [2.24, 2.45) is 0 Å². The Morgan fingerprint density at radius 1 is 1.33 bits per heavy atom. The highest BCUT2D eigenvalue weighted by atomic mass is 16.4. The molecule has 0 aliphatic carbocycles. The molecule has 5 heteroatoms. The van der Waals surface area contributed by atoms with Crippen molar-refractivity contribution in [2.45, 2.75) is 31.4 Å². The third-order valence-electron chi connectivity index (χ3n) is 3.34. The number of hydrogen-bond acceptors (Lipinski definition) is 3. The number of hydrogen-bond donors (Lipinski definition) is 2. The molecule has 2 fully saturated rings. The van der Waals surface area contributed by atoms with Crippen LogP contribution in [-0.4, -0.2) is 64.4 Å². The summed E-state index contributed by atoms with van der Waals surface area (Å²) in [6, 6.07) is 0.132. The monoisotopic (exact) mass is 214 g/mol. The average molecular weight is 214 g/mol. The summed E-state index contributed by atoms with van der Waals surface area (Å²) in [6.07, 6.45) is 1.72. The Hall–Kier alpha value is -0.810. The fraction of sp³-hybridized carbons (Fsp3) is 0.900. The highest BCUT2D eigenvalue weighted by molar-refractivity contribution is 5.65. The van der Waals surface area contributed by atoms with Gasteiger partial charge in [0.1, 0.15) is 0 Å². The van der Waals surface area contributed by atoms with Crippen LogP contribution in [0.3, 0.4) is 0 Å². The van der Waals surface area contributed by atoms with E-state index in [9.17, 15) is 9.90 Å². The predicted molar refractivity (Wildman–Crippen MR) is 54.8 cm³/mol. The number of aliphatic hydroxyl groups is 1. The molecule has 0 bridgehead atoms. The maximum absolute atomic E-state index is 10.9. The summed E-state index contributed by atoms with van der Waals surface area (Å²) in [5.74, 6) is 0. The maximum atomic E-state index is 10.9. The van der Waals surface area contributed by atoms with E-state index in [0.29, 0.717) is 13.1 Å². The molecule has 0 aromatic heterocycles. The molecule has 0 aromatic carbocycles. The molecule has 2 saturated heterocycles. The molecule has 0 radical (unpaired) electrons. The Bertz CT molecular complexity index is 247. The van der Waals surface area contributed by atoms with Gasteiger partial charge in [-0.25, -0.2) is 4.79 Å². The smallest absolute Gasteiger partial charge is 0.407 e. The van der Waals surface area contributed by atoms with E-state index in [1.165, 1.54) is 4.90 Å². The zero-order valence-electron chi connectivity index (χ0n) is 8.80. The quantitative estimate of drug-likeness (QED) is 0.689. The molecule has 2 N–H and O–H groups in total. The average Bonchev–Trinajstić information content (AvgIpc) is 2.75. The van der Waals surface area contributed by atoms with E-state index >= 15 is 0 Å². The first-order valence-corrected chi connectivity index (χ1v) is 5.57. The molecule has 86 valence electrons. The molecule has 0 aromatic rings. The van der Waals surface area contributed by atoms with Gasteiger partial charge < -0.3 is 15.1 Å². The van der Waals surface area contributed by atoms with Gasteiger partial charge >= 0.3 is 6.09 Å². The molecular weight excluding hydrogens is 196 g/mol. The van der Waals surface area contributed by atoms with Gasteiger partial charge in [-0.1, -0.05) is 0 Å². The number of rotatable bonds is 2. The van der Waals surface area contributed by atoms with Gasteiger partial charge in [0.25, 0.3) is 0 Å². The van der Waals surface area contributed by atoms with Gasteiger partial charge in [0, 0.05) is 32.2 Å². The molecular formula is C10H18N2O3. The van der Waals surface area contributed by atoms with E-state index in [1.54, 1.807) is 0 Å². The van der Waals surface area contributed by atoms with Crippen molar-refractivity contribution >= 4 is 6.09 Å². The molecule has 0 saturated carbocycles. The molecule has 15 heavy (non-hydrogen) atoms. The lowest BCUT2D eigenvalue weighted by Crippen LogP contribution is -2.42. The van der Waals surface area contributed by atoms with Gasteiger partial charge in [0.05, 0.1) is 6.10 Å². The van der Waals surface area contributed by atoms with Crippen LogP contribution >= 0.6 is 0 Å². The normalized spacial score (nSPS) is 32.5. The van der Waals surface area contributed by atoms with Crippen LogP contribution in [0.4, 0.5) is 4.79 Å². The standard InChI is InChI=1S/C10H18N2O3/c13-9-3-5-11(7-9)6-8-2-1-4-12(8)10(14)15/h8-9,13H,1-7H2,(H,14,15). The Balaban J connectivity index is 1.85. The van der Waals surface area contributed by atoms with Gasteiger partial charge in [-0.2, -0.15) is 0 Å².